The third kappa shape index (κ3) is 5.16. The van der Waals surface area contributed by atoms with Gasteiger partial charge in [0.15, 0.2) is 11.3 Å². The summed E-state index contributed by atoms with van der Waals surface area (Å²) in [5.41, 5.74) is -0.0178. The van der Waals surface area contributed by atoms with Crippen molar-refractivity contribution in [1.29, 1.82) is 0 Å². The molecule has 2 fully saturated rings. The van der Waals surface area contributed by atoms with Crippen LogP contribution in [-0.4, -0.2) is 80.4 Å². The Hall–Kier alpha value is -1.20. The zero-order valence-corrected chi connectivity index (χ0v) is 19.0. The van der Waals surface area contributed by atoms with Gasteiger partial charge < -0.3 is 24.4 Å². The van der Waals surface area contributed by atoms with Crippen LogP contribution in [0.1, 0.15) is 53.4 Å². The van der Waals surface area contributed by atoms with Crippen LogP contribution in [-0.2, 0) is 14.1 Å². The lowest BCUT2D eigenvalue weighted by atomic mass is 9.81. The number of piperidine rings is 1. The zero-order chi connectivity index (χ0) is 21.9. The van der Waals surface area contributed by atoms with E-state index in [9.17, 15) is 9.90 Å². The number of rotatable bonds is 7. The van der Waals surface area contributed by atoms with Gasteiger partial charge in [0.2, 0.25) is 0 Å². The number of aliphatic hydroxyl groups is 2. The number of hydrogen-bond acceptors (Lipinski definition) is 8. The van der Waals surface area contributed by atoms with Crippen LogP contribution in [0.2, 0.25) is 0 Å². The summed E-state index contributed by atoms with van der Waals surface area (Å²) in [6.45, 7) is 8.13. The summed E-state index contributed by atoms with van der Waals surface area (Å²) < 4.78 is 12.1. The van der Waals surface area contributed by atoms with E-state index in [0.717, 1.165) is 36.9 Å². The summed E-state index contributed by atoms with van der Waals surface area (Å²) in [4.78, 5) is 22.9. The van der Waals surface area contributed by atoms with Crippen LogP contribution in [0, 0.1) is 0 Å². The van der Waals surface area contributed by atoms with Gasteiger partial charge in [-0.2, -0.15) is 0 Å². The first-order valence-electron chi connectivity index (χ1n) is 10.5. The molecule has 2 N–H and O–H groups in total. The highest BCUT2D eigenvalue weighted by molar-refractivity contribution is 7.99. The van der Waals surface area contributed by atoms with E-state index in [-0.39, 0.29) is 11.9 Å². The van der Waals surface area contributed by atoms with Gasteiger partial charge >= 0.3 is 7.12 Å². The minimum absolute atomic E-state index is 0.0731. The van der Waals surface area contributed by atoms with Gasteiger partial charge in [-0.25, -0.2) is 9.97 Å². The smallest absolute Gasteiger partial charge is 0.399 e. The first-order chi connectivity index (χ1) is 14.1. The summed E-state index contributed by atoms with van der Waals surface area (Å²) in [6, 6.07) is 0.0731. The lowest BCUT2D eigenvalue weighted by Gasteiger charge is -2.36. The number of carbonyl (C=O) groups is 1. The lowest BCUT2D eigenvalue weighted by molar-refractivity contribution is -0.146. The highest BCUT2D eigenvalue weighted by Crippen LogP contribution is 2.36. The van der Waals surface area contributed by atoms with E-state index < -0.39 is 31.0 Å². The van der Waals surface area contributed by atoms with Crippen molar-refractivity contribution in [2.75, 3.05) is 18.9 Å². The molecule has 0 aliphatic carbocycles. The van der Waals surface area contributed by atoms with Gasteiger partial charge in [-0.3, -0.25) is 4.79 Å². The van der Waals surface area contributed by atoms with Gasteiger partial charge in [0.05, 0.1) is 17.8 Å². The van der Waals surface area contributed by atoms with E-state index in [1.54, 1.807) is 17.3 Å². The molecule has 3 rings (SSSR count). The molecule has 30 heavy (non-hydrogen) atoms. The Morgan fingerprint density at radius 1 is 1.27 bits per heavy atom. The summed E-state index contributed by atoms with van der Waals surface area (Å²) in [5.74, 6) is 0.384. The highest BCUT2D eigenvalue weighted by atomic mass is 32.2. The topological polar surface area (TPSA) is 105 Å². The van der Waals surface area contributed by atoms with Gasteiger partial charge in [-0.15, -0.1) is 0 Å². The first-order valence-corrected chi connectivity index (χ1v) is 11.5. The third-order valence-electron chi connectivity index (χ3n) is 6.22. The molecule has 10 heteroatoms. The van der Waals surface area contributed by atoms with Crippen molar-refractivity contribution in [2.24, 2.45) is 0 Å². The Labute approximate surface area is 182 Å². The van der Waals surface area contributed by atoms with Crippen molar-refractivity contribution < 1.29 is 24.3 Å². The molecule has 0 radical (unpaired) electrons. The van der Waals surface area contributed by atoms with Crippen molar-refractivity contribution >= 4 is 30.3 Å². The number of carbonyl (C=O) groups excluding carboxylic acids is 1. The zero-order valence-electron chi connectivity index (χ0n) is 18.2. The van der Waals surface area contributed by atoms with E-state index in [0.29, 0.717) is 11.7 Å². The molecule has 2 atom stereocenters. The second-order valence-electron chi connectivity index (χ2n) is 8.90. The van der Waals surface area contributed by atoms with Crippen LogP contribution in [0.3, 0.4) is 0 Å². The normalized spacial score (nSPS) is 24.1. The molecule has 2 aliphatic heterocycles. The molecule has 2 saturated heterocycles. The predicted molar refractivity (Wildman–Crippen MR) is 116 cm³/mol. The lowest BCUT2D eigenvalue weighted by Crippen LogP contribution is -2.49. The number of likely N-dealkylation sites (tertiary alicyclic amines) is 1. The van der Waals surface area contributed by atoms with Crippen LogP contribution in [0.4, 0.5) is 0 Å². The van der Waals surface area contributed by atoms with Crippen molar-refractivity contribution in [3.05, 3.63) is 12.4 Å². The van der Waals surface area contributed by atoms with Crippen molar-refractivity contribution in [2.45, 2.75) is 81.9 Å². The third-order valence-corrected chi connectivity index (χ3v) is 7.13. The maximum Gasteiger partial charge on any atom is 0.498 e. The molecule has 3 heterocycles. The molecule has 1 amide bonds. The van der Waals surface area contributed by atoms with E-state index in [4.69, 9.17) is 14.4 Å². The number of aliphatic hydroxyl groups excluding tert-OH is 2. The average Bonchev–Trinajstić information content (AvgIpc) is 2.95. The van der Waals surface area contributed by atoms with Gasteiger partial charge in [0.25, 0.3) is 5.91 Å². The Morgan fingerprint density at radius 2 is 1.90 bits per heavy atom. The van der Waals surface area contributed by atoms with Crippen LogP contribution in [0.5, 0.6) is 0 Å². The number of thioether (sulfide) groups is 1. The van der Waals surface area contributed by atoms with Crippen LogP contribution in [0.25, 0.3) is 0 Å². The maximum absolute atomic E-state index is 12.3. The fourth-order valence-electron chi connectivity index (χ4n) is 3.65. The monoisotopic (exact) mass is 437 g/mol. The van der Waals surface area contributed by atoms with E-state index in [1.807, 2.05) is 27.7 Å². The standard InChI is InChI=1S/C20H32BN3O5S/c1-19(2)20(3,4)29-21(28-19)14-11-22-18(23-12-14)30-10-8-15-7-5-6-9-24(15)17(27)16(26)13-25/h11-12,15-16,25-26H,5-10,13H2,1-4H3/t15-,16+/m0/s1. The number of aromatic nitrogens is 2. The molecule has 0 unspecified atom stereocenters. The van der Waals surface area contributed by atoms with E-state index in [2.05, 4.69) is 9.97 Å². The summed E-state index contributed by atoms with van der Waals surface area (Å²) in [7, 11) is -0.478. The number of nitrogens with zero attached hydrogens (tertiary/aromatic N) is 3. The van der Waals surface area contributed by atoms with Crippen LogP contribution < -0.4 is 5.46 Å². The molecule has 0 spiro atoms. The molecule has 1 aromatic rings. The second kappa shape index (κ2) is 9.52. The molecular formula is C20H32BN3O5S. The fourth-order valence-corrected chi connectivity index (χ4v) is 4.48. The van der Waals surface area contributed by atoms with Gasteiger partial charge in [-0.1, -0.05) is 11.8 Å². The summed E-state index contributed by atoms with van der Waals surface area (Å²) in [5, 5.41) is 19.4. The molecule has 0 aromatic carbocycles. The van der Waals surface area contributed by atoms with Gasteiger partial charge in [0.1, 0.15) is 0 Å². The minimum atomic E-state index is -1.33. The SMILES string of the molecule is CC1(C)OB(c2cnc(SCC[C@@H]3CCCCN3C(=O)[C@H](O)CO)nc2)OC1(C)C. The summed E-state index contributed by atoms with van der Waals surface area (Å²) in [6.07, 6.45) is 5.84. The number of hydrogen-bond donors (Lipinski definition) is 2. The minimum Gasteiger partial charge on any atom is -0.399 e. The quantitative estimate of drug-likeness (QED) is 0.370. The molecule has 1 aromatic heterocycles. The second-order valence-corrected chi connectivity index (χ2v) is 9.97. The highest BCUT2D eigenvalue weighted by Gasteiger charge is 2.51. The number of amides is 1. The molecule has 0 saturated carbocycles. The molecule has 2 aliphatic rings. The molecule has 0 bridgehead atoms. The Bertz CT molecular complexity index is 718. The van der Waals surface area contributed by atoms with Crippen LogP contribution >= 0.6 is 11.8 Å². The molecular weight excluding hydrogens is 405 g/mol. The largest absolute Gasteiger partial charge is 0.498 e. The Balaban J connectivity index is 1.52. The van der Waals surface area contributed by atoms with Crippen LogP contribution in [0.15, 0.2) is 17.6 Å². The molecule has 8 nitrogen and oxygen atoms in total. The van der Waals surface area contributed by atoms with Crippen molar-refractivity contribution in [1.82, 2.24) is 14.9 Å². The van der Waals surface area contributed by atoms with Crippen molar-refractivity contribution in [3.8, 4) is 0 Å². The Morgan fingerprint density at radius 3 is 2.50 bits per heavy atom. The Kier molecular flexibility index (Phi) is 7.45. The molecule has 166 valence electrons. The van der Waals surface area contributed by atoms with Gasteiger partial charge in [-0.05, 0) is 53.4 Å². The fraction of sp³-hybridized carbons (Fsp3) is 0.750. The van der Waals surface area contributed by atoms with Gasteiger partial charge in [0, 0.05) is 36.2 Å². The first kappa shape index (κ1) is 23.5. The van der Waals surface area contributed by atoms with E-state index in [1.165, 1.54) is 11.8 Å². The van der Waals surface area contributed by atoms with E-state index >= 15 is 0 Å². The maximum atomic E-state index is 12.3. The van der Waals surface area contributed by atoms with Crippen molar-refractivity contribution in [3.63, 3.8) is 0 Å². The summed E-state index contributed by atoms with van der Waals surface area (Å²) >= 11 is 1.54. The average molecular weight is 437 g/mol. The predicted octanol–water partition coefficient (Wildman–Crippen LogP) is 0.992.